The van der Waals surface area contributed by atoms with Gasteiger partial charge in [-0.15, -0.1) is 0 Å². The summed E-state index contributed by atoms with van der Waals surface area (Å²) in [4.78, 5) is 30.2. The van der Waals surface area contributed by atoms with Crippen LogP contribution in [0.25, 0.3) is 0 Å². The quantitative estimate of drug-likeness (QED) is 0.508. The third-order valence-corrected chi connectivity index (χ3v) is 5.52. The fourth-order valence-electron chi connectivity index (χ4n) is 3.65. The molecule has 2 aromatic rings. The second-order valence-electron chi connectivity index (χ2n) is 7.83. The number of nitrogens with zero attached hydrogens (tertiary/aromatic N) is 2. The number of likely N-dealkylation sites (tertiary alicyclic amines) is 1. The zero-order valence-corrected chi connectivity index (χ0v) is 18.9. The van der Waals surface area contributed by atoms with Crippen LogP contribution < -0.4 is 20.1 Å². The standard InChI is InChI=1S/C23H27F3N4O4/c1-33-18-5-3-15(11-19(18)34-2)7-10-30-14-16(12-21(30)31)22(32)28-9-8-27-20-6-4-17(13-29-20)23(24,25)26/h3-6,11,13,16H,7-10,12,14H2,1-2H3,(H,27,29)(H,28,32). The number of halogens is 3. The first-order valence-corrected chi connectivity index (χ1v) is 10.7. The van der Waals surface area contributed by atoms with E-state index in [4.69, 9.17) is 9.47 Å². The van der Waals surface area contributed by atoms with E-state index >= 15 is 0 Å². The van der Waals surface area contributed by atoms with Crippen LogP contribution in [0, 0.1) is 5.92 Å². The van der Waals surface area contributed by atoms with E-state index in [9.17, 15) is 22.8 Å². The van der Waals surface area contributed by atoms with Crippen molar-refractivity contribution in [2.45, 2.75) is 19.0 Å². The Hall–Kier alpha value is -3.50. The Kier molecular flexibility index (Phi) is 8.19. The van der Waals surface area contributed by atoms with E-state index < -0.39 is 17.7 Å². The zero-order valence-electron chi connectivity index (χ0n) is 18.9. The lowest BCUT2D eigenvalue weighted by Crippen LogP contribution is -2.36. The van der Waals surface area contributed by atoms with Crippen LogP contribution in [0.15, 0.2) is 36.5 Å². The van der Waals surface area contributed by atoms with Gasteiger partial charge in [-0.1, -0.05) is 6.07 Å². The lowest BCUT2D eigenvalue weighted by Gasteiger charge is -2.17. The molecular weight excluding hydrogens is 453 g/mol. The van der Waals surface area contributed by atoms with E-state index in [1.165, 1.54) is 6.07 Å². The molecule has 2 amide bonds. The van der Waals surface area contributed by atoms with Gasteiger partial charge in [0, 0.05) is 38.8 Å². The number of carbonyl (C=O) groups is 2. The van der Waals surface area contributed by atoms with Crippen LogP contribution in [-0.2, 0) is 22.2 Å². The summed E-state index contributed by atoms with van der Waals surface area (Å²) in [6.07, 6.45) is -2.93. The van der Waals surface area contributed by atoms with Crippen LogP contribution in [0.5, 0.6) is 11.5 Å². The number of anilines is 1. The Morgan fingerprint density at radius 2 is 1.91 bits per heavy atom. The van der Waals surface area contributed by atoms with E-state index in [0.717, 1.165) is 17.8 Å². The summed E-state index contributed by atoms with van der Waals surface area (Å²) in [5.41, 5.74) is 0.161. The van der Waals surface area contributed by atoms with Gasteiger partial charge in [0.2, 0.25) is 11.8 Å². The zero-order chi connectivity index (χ0) is 24.7. The number of hydrogen-bond donors (Lipinski definition) is 2. The minimum atomic E-state index is -4.44. The number of aromatic nitrogens is 1. The van der Waals surface area contributed by atoms with Crippen LogP contribution >= 0.6 is 0 Å². The van der Waals surface area contributed by atoms with Gasteiger partial charge in [0.15, 0.2) is 11.5 Å². The minimum absolute atomic E-state index is 0.0762. The summed E-state index contributed by atoms with van der Waals surface area (Å²) in [5.74, 6) is 0.771. The van der Waals surface area contributed by atoms with Crippen molar-refractivity contribution in [2.75, 3.05) is 45.7 Å². The topological polar surface area (TPSA) is 92.8 Å². The molecule has 184 valence electrons. The van der Waals surface area contributed by atoms with Crippen molar-refractivity contribution in [1.82, 2.24) is 15.2 Å². The highest BCUT2D eigenvalue weighted by molar-refractivity contribution is 5.89. The molecule has 1 aromatic heterocycles. The Labute approximate surface area is 195 Å². The van der Waals surface area contributed by atoms with Crippen molar-refractivity contribution in [2.24, 2.45) is 5.92 Å². The maximum absolute atomic E-state index is 12.6. The SMILES string of the molecule is COc1ccc(CCN2CC(C(=O)NCCNc3ccc(C(F)(F)F)cn3)CC2=O)cc1OC. The van der Waals surface area contributed by atoms with Crippen molar-refractivity contribution >= 4 is 17.6 Å². The molecule has 0 aliphatic carbocycles. The Morgan fingerprint density at radius 3 is 2.56 bits per heavy atom. The average Bonchev–Trinajstić information content (AvgIpc) is 3.20. The third-order valence-electron chi connectivity index (χ3n) is 5.52. The minimum Gasteiger partial charge on any atom is -0.493 e. The molecular formula is C23H27F3N4O4. The summed E-state index contributed by atoms with van der Waals surface area (Å²) in [6.45, 7) is 1.36. The summed E-state index contributed by atoms with van der Waals surface area (Å²) in [7, 11) is 3.12. The van der Waals surface area contributed by atoms with Gasteiger partial charge in [0.25, 0.3) is 0 Å². The van der Waals surface area contributed by atoms with Gasteiger partial charge in [-0.3, -0.25) is 9.59 Å². The van der Waals surface area contributed by atoms with Crippen LogP contribution in [0.3, 0.4) is 0 Å². The maximum atomic E-state index is 12.6. The molecule has 0 radical (unpaired) electrons. The number of carbonyl (C=O) groups excluding carboxylic acids is 2. The van der Waals surface area contributed by atoms with E-state index in [0.29, 0.717) is 31.0 Å². The summed E-state index contributed by atoms with van der Waals surface area (Å²) in [5, 5.41) is 5.61. The van der Waals surface area contributed by atoms with Gasteiger partial charge in [-0.25, -0.2) is 4.98 Å². The molecule has 2 heterocycles. The molecule has 1 aromatic carbocycles. The fraction of sp³-hybridized carbons (Fsp3) is 0.435. The first kappa shape index (κ1) is 25.1. The second kappa shape index (κ2) is 11.1. The van der Waals surface area contributed by atoms with E-state index in [1.807, 2.05) is 18.2 Å². The first-order chi connectivity index (χ1) is 16.2. The van der Waals surface area contributed by atoms with E-state index in [-0.39, 0.29) is 37.1 Å². The van der Waals surface area contributed by atoms with E-state index in [2.05, 4.69) is 15.6 Å². The molecule has 1 atom stereocenters. The number of ether oxygens (including phenoxy) is 2. The highest BCUT2D eigenvalue weighted by Crippen LogP contribution is 2.29. The molecule has 0 spiro atoms. The van der Waals surface area contributed by atoms with Crippen molar-refractivity contribution in [3.63, 3.8) is 0 Å². The maximum Gasteiger partial charge on any atom is 0.417 e. The molecule has 11 heteroatoms. The highest BCUT2D eigenvalue weighted by atomic mass is 19.4. The highest BCUT2D eigenvalue weighted by Gasteiger charge is 2.34. The van der Waals surface area contributed by atoms with Gasteiger partial charge in [0.05, 0.1) is 25.7 Å². The van der Waals surface area contributed by atoms with Crippen molar-refractivity contribution in [1.29, 1.82) is 0 Å². The van der Waals surface area contributed by atoms with Gasteiger partial charge in [-0.05, 0) is 36.2 Å². The Morgan fingerprint density at radius 1 is 1.15 bits per heavy atom. The molecule has 8 nitrogen and oxygen atoms in total. The van der Waals surface area contributed by atoms with Crippen LogP contribution in [-0.4, -0.2) is 62.1 Å². The summed E-state index contributed by atoms with van der Waals surface area (Å²) in [6, 6.07) is 7.75. The lowest BCUT2D eigenvalue weighted by molar-refractivity contribution is -0.137. The number of benzene rings is 1. The lowest BCUT2D eigenvalue weighted by atomic mass is 10.1. The number of rotatable bonds is 10. The van der Waals surface area contributed by atoms with Crippen molar-refractivity contribution < 1.29 is 32.2 Å². The molecule has 1 aliphatic heterocycles. The van der Waals surface area contributed by atoms with Crippen molar-refractivity contribution in [3.05, 3.63) is 47.7 Å². The normalized spacial score (nSPS) is 15.9. The molecule has 2 N–H and O–H groups in total. The number of nitrogens with one attached hydrogen (secondary N) is 2. The van der Waals surface area contributed by atoms with Gasteiger partial charge < -0.3 is 25.0 Å². The molecule has 1 unspecified atom stereocenters. The molecule has 0 bridgehead atoms. The molecule has 1 fully saturated rings. The van der Waals surface area contributed by atoms with Crippen molar-refractivity contribution in [3.8, 4) is 11.5 Å². The monoisotopic (exact) mass is 480 g/mol. The third kappa shape index (κ3) is 6.52. The fourth-order valence-corrected chi connectivity index (χ4v) is 3.65. The molecule has 0 saturated carbocycles. The molecule has 34 heavy (non-hydrogen) atoms. The summed E-state index contributed by atoms with van der Waals surface area (Å²) >= 11 is 0. The van der Waals surface area contributed by atoms with E-state index in [1.54, 1.807) is 19.1 Å². The first-order valence-electron chi connectivity index (χ1n) is 10.7. The van der Waals surface area contributed by atoms with Crippen LogP contribution in [0.4, 0.5) is 19.0 Å². The Balaban J connectivity index is 1.40. The number of hydrogen-bond acceptors (Lipinski definition) is 6. The predicted molar refractivity (Wildman–Crippen MR) is 119 cm³/mol. The largest absolute Gasteiger partial charge is 0.493 e. The summed E-state index contributed by atoms with van der Waals surface area (Å²) < 4.78 is 48.2. The predicted octanol–water partition coefficient (Wildman–Crippen LogP) is 2.74. The number of amides is 2. The van der Waals surface area contributed by atoms with Gasteiger partial charge in [-0.2, -0.15) is 13.2 Å². The second-order valence-corrected chi connectivity index (χ2v) is 7.83. The molecule has 1 saturated heterocycles. The number of methoxy groups -OCH3 is 2. The number of alkyl halides is 3. The van der Waals surface area contributed by atoms with Crippen LogP contribution in [0.1, 0.15) is 17.5 Å². The Bertz CT molecular complexity index is 999. The van der Waals surface area contributed by atoms with Gasteiger partial charge in [0.1, 0.15) is 5.82 Å². The van der Waals surface area contributed by atoms with Crippen LogP contribution in [0.2, 0.25) is 0 Å². The molecule has 3 rings (SSSR count). The molecule has 1 aliphatic rings. The average molecular weight is 480 g/mol. The van der Waals surface area contributed by atoms with Gasteiger partial charge >= 0.3 is 6.18 Å². The number of pyridine rings is 1. The smallest absolute Gasteiger partial charge is 0.417 e.